The van der Waals surface area contributed by atoms with E-state index < -0.39 is 5.38 Å². The van der Waals surface area contributed by atoms with Crippen LogP contribution < -0.4 is 0 Å². The van der Waals surface area contributed by atoms with Crippen molar-refractivity contribution in [1.29, 1.82) is 0 Å². The van der Waals surface area contributed by atoms with E-state index in [4.69, 9.17) is 16.0 Å². The molecule has 3 aromatic rings. The highest BCUT2D eigenvalue weighted by Gasteiger charge is 2.18. The largest absolute Gasteiger partial charge is 0.419 e. The molecule has 0 spiro atoms. The lowest BCUT2D eigenvalue weighted by Gasteiger charge is -2.04. The second kappa shape index (κ2) is 6.00. The molecule has 0 fully saturated rings. The standard InChI is InChI=1S/C16H12BrClN2O/c1-10-7-8-12(9-13(10)17)15-19-20-16(21-15)14(18)11-5-3-2-4-6-11/h2-9,14H,1H3. The number of hydrogen-bond donors (Lipinski definition) is 0. The lowest BCUT2D eigenvalue weighted by Crippen LogP contribution is -1.92. The van der Waals surface area contributed by atoms with Crippen molar-refractivity contribution in [3.05, 3.63) is 70.0 Å². The SMILES string of the molecule is Cc1ccc(-c2nnc(C(Cl)c3ccccc3)o2)cc1Br. The summed E-state index contributed by atoms with van der Waals surface area (Å²) in [5.74, 6) is 0.863. The third kappa shape index (κ3) is 3.01. The zero-order valence-electron chi connectivity index (χ0n) is 11.3. The van der Waals surface area contributed by atoms with Crippen LogP contribution in [0.4, 0.5) is 0 Å². The molecule has 3 nitrogen and oxygen atoms in total. The molecule has 0 radical (unpaired) electrons. The molecule has 0 saturated heterocycles. The molecule has 0 amide bonds. The molecule has 106 valence electrons. The second-order valence-corrected chi connectivity index (χ2v) is 5.97. The molecule has 1 heterocycles. The van der Waals surface area contributed by atoms with Crippen LogP contribution in [-0.2, 0) is 0 Å². The fourth-order valence-corrected chi connectivity index (χ4v) is 2.56. The lowest BCUT2D eigenvalue weighted by atomic mass is 10.1. The van der Waals surface area contributed by atoms with Gasteiger partial charge in [-0.2, -0.15) is 0 Å². The zero-order chi connectivity index (χ0) is 14.8. The first-order valence-electron chi connectivity index (χ1n) is 6.44. The maximum atomic E-state index is 6.38. The van der Waals surface area contributed by atoms with Crippen molar-refractivity contribution in [3.8, 4) is 11.5 Å². The van der Waals surface area contributed by atoms with Crippen molar-refractivity contribution in [2.75, 3.05) is 0 Å². The minimum atomic E-state index is -0.443. The Morgan fingerprint density at radius 3 is 2.57 bits per heavy atom. The predicted molar refractivity (Wildman–Crippen MR) is 86.3 cm³/mol. The van der Waals surface area contributed by atoms with E-state index in [0.29, 0.717) is 11.8 Å². The summed E-state index contributed by atoms with van der Waals surface area (Å²) in [6.45, 7) is 2.03. The number of rotatable bonds is 3. The number of aromatic nitrogens is 2. The number of nitrogens with zero attached hydrogens (tertiary/aromatic N) is 2. The molecule has 1 aromatic heterocycles. The summed E-state index contributed by atoms with van der Waals surface area (Å²) >= 11 is 9.88. The Balaban J connectivity index is 1.91. The van der Waals surface area contributed by atoms with E-state index in [0.717, 1.165) is 21.2 Å². The van der Waals surface area contributed by atoms with Crippen LogP contribution in [0.1, 0.15) is 22.4 Å². The molecule has 1 unspecified atom stereocenters. The molecular formula is C16H12BrClN2O. The van der Waals surface area contributed by atoms with E-state index in [1.807, 2.05) is 55.5 Å². The number of halogens is 2. The van der Waals surface area contributed by atoms with Crippen molar-refractivity contribution in [3.63, 3.8) is 0 Å². The highest BCUT2D eigenvalue weighted by Crippen LogP contribution is 2.30. The van der Waals surface area contributed by atoms with E-state index in [1.54, 1.807) is 0 Å². The Bertz CT molecular complexity index is 758. The summed E-state index contributed by atoms with van der Waals surface area (Å²) in [5, 5.41) is 7.70. The number of alkyl halides is 1. The molecule has 3 rings (SSSR count). The van der Waals surface area contributed by atoms with Crippen LogP contribution in [0.5, 0.6) is 0 Å². The fraction of sp³-hybridized carbons (Fsp3) is 0.125. The molecule has 0 aliphatic heterocycles. The maximum Gasteiger partial charge on any atom is 0.247 e. The topological polar surface area (TPSA) is 38.9 Å². The molecule has 2 aromatic carbocycles. The average Bonchev–Trinajstić information content (AvgIpc) is 3.00. The van der Waals surface area contributed by atoms with Gasteiger partial charge in [0, 0.05) is 10.0 Å². The van der Waals surface area contributed by atoms with Gasteiger partial charge in [0.05, 0.1) is 0 Å². The molecule has 0 N–H and O–H groups in total. The fourth-order valence-electron chi connectivity index (χ4n) is 1.94. The highest BCUT2D eigenvalue weighted by molar-refractivity contribution is 9.10. The van der Waals surface area contributed by atoms with E-state index in [-0.39, 0.29) is 0 Å². The van der Waals surface area contributed by atoms with Crippen molar-refractivity contribution < 1.29 is 4.42 Å². The van der Waals surface area contributed by atoms with E-state index in [1.165, 1.54) is 0 Å². The summed E-state index contributed by atoms with van der Waals surface area (Å²) in [5.41, 5.74) is 2.95. The van der Waals surface area contributed by atoms with Gasteiger partial charge in [-0.05, 0) is 30.2 Å². The average molecular weight is 364 g/mol. The van der Waals surface area contributed by atoms with Gasteiger partial charge in [-0.25, -0.2) is 0 Å². The van der Waals surface area contributed by atoms with Crippen LogP contribution in [0.25, 0.3) is 11.5 Å². The maximum absolute atomic E-state index is 6.38. The zero-order valence-corrected chi connectivity index (χ0v) is 13.6. The van der Waals surface area contributed by atoms with Crippen molar-refractivity contribution in [1.82, 2.24) is 10.2 Å². The van der Waals surface area contributed by atoms with Gasteiger partial charge in [-0.1, -0.05) is 52.3 Å². The summed E-state index contributed by atoms with van der Waals surface area (Å²) in [6, 6.07) is 15.6. The Labute approximate surface area is 136 Å². The van der Waals surface area contributed by atoms with Gasteiger partial charge in [0.25, 0.3) is 0 Å². The monoisotopic (exact) mass is 362 g/mol. The normalized spacial score (nSPS) is 12.3. The number of hydrogen-bond acceptors (Lipinski definition) is 3. The van der Waals surface area contributed by atoms with Gasteiger partial charge in [0.15, 0.2) is 0 Å². The van der Waals surface area contributed by atoms with Crippen molar-refractivity contribution >= 4 is 27.5 Å². The first-order chi connectivity index (χ1) is 10.1. The minimum Gasteiger partial charge on any atom is -0.419 e. The Hall–Kier alpha value is -1.65. The molecule has 1 atom stereocenters. The number of aryl methyl sites for hydroxylation is 1. The van der Waals surface area contributed by atoms with Crippen LogP contribution in [0.2, 0.25) is 0 Å². The third-order valence-corrected chi connectivity index (χ3v) is 4.46. The number of benzene rings is 2. The van der Waals surface area contributed by atoms with Crippen LogP contribution in [0, 0.1) is 6.92 Å². The van der Waals surface area contributed by atoms with Gasteiger partial charge >= 0.3 is 0 Å². The predicted octanol–water partition coefficient (Wildman–Crippen LogP) is 5.14. The summed E-state index contributed by atoms with van der Waals surface area (Å²) in [6.07, 6.45) is 0. The summed E-state index contributed by atoms with van der Waals surface area (Å²) in [7, 11) is 0. The molecule has 5 heteroatoms. The van der Waals surface area contributed by atoms with Crippen LogP contribution in [0.3, 0.4) is 0 Å². The smallest absolute Gasteiger partial charge is 0.247 e. The van der Waals surface area contributed by atoms with Crippen molar-refractivity contribution in [2.24, 2.45) is 0 Å². The Morgan fingerprint density at radius 2 is 1.86 bits per heavy atom. The second-order valence-electron chi connectivity index (χ2n) is 4.68. The minimum absolute atomic E-state index is 0.398. The molecule has 0 aliphatic rings. The first-order valence-corrected chi connectivity index (χ1v) is 7.67. The first kappa shape index (κ1) is 14.3. The molecule has 21 heavy (non-hydrogen) atoms. The van der Waals surface area contributed by atoms with E-state index in [2.05, 4.69) is 26.1 Å². The van der Waals surface area contributed by atoms with E-state index in [9.17, 15) is 0 Å². The third-order valence-electron chi connectivity index (χ3n) is 3.17. The molecule has 0 saturated carbocycles. The lowest BCUT2D eigenvalue weighted by molar-refractivity contribution is 0.513. The van der Waals surface area contributed by atoms with Crippen LogP contribution in [0.15, 0.2) is 57.4 Å². The summed E-state index contributed by atoms with van der Waals surface area (Å²) in [4.78, 5) is 0. The Morgan fingerprint density at radius 1 is 1.10 bits per heavy atom. The van der Waals surface area contributed by atoms with Gasteiger partial charge in [-0.15, -0.1) is 21.8 Å². The molecule has 0 bridgehead atoms. The Kier molecular flexibility index (Phi) is 4.08. The molecule has 0 aliphatic carbocycles. The molecular weight excluding hydrogens is 352 g/mol. The quantitative estimate of drug-likeness (QED) is 0.605. The highest BCUT2D eigenvalue weighted by atomic mass is 79.9. The summed E-state index contributed by atoms with van der Waals surface area (Å²) < 4.78 is 6.71. The van der Waals surface area contributed by atoms with Gasteiger partial charge in [0.1, 0.15) is 5.38 Å². The van der Waals surface area contributed by atoms with Gasteiger partial charge in [-0.3, -0.25) is 0 Å². The van der Waals surface area contributed by atoms with Gasteiger partial charge in [0.2, 0.25) is 11.8 Å². The van der Waals surface area contributed by atoms with Gasteiger partial charge < -0.3 is 4.42 Å². The van der Waals surface area contributed by atoms with Crippen LogP contribution in [-0.4, -0.2) is 10.2 Å². The van der Waals surface area contributed by atoms with Crippen LogP contribution >= 0.6 is 27.5 Å². The van der Waals surface area contributed by atoms with E-state index >= 15 is 0 Å². The van der Waals surface area contributed by atoms with Crippen molar-refractivity contribution in [2.45, 2.75) is 12.3 Å².